The summed E-state index contributed by atoms with van der Waals surface area (Å²) < 4.78 is 1.58. The molecule has 0 bridgehead atoms. The Labute approximate surface area is 143 Å². The summed E-state index contributed by atoms with van der Waals surface area (Å²) in [7, 11) is 0. The average molecular weight is 340 g/mol. The van der Waals surface area contributed by atoms with Gasteiger partial charge in [0.15, 0.2) is 11.6 Å². The van der Waals surface area contributed by atoms with Crippen molar-refractivity contribution in [1.29, 1.82) is 0 Å². The van der Waals surface area contributed by atoms with Gasteiger partial charge in [-0.1, -0.05) is 12.1 Å². The second-order valence-electron chi connectivity index (χ2n) is 5.31. The average Bonchev–Trinajstić information content (AvgIpc) is 3.28. The summed E-state index contributed by atoms with van der Waals surface area (Å²) >= 11 is 1.40. The van der Waals surface area contributed by atoms with Crippen molar-refractivity contribution >= 4 is 23.0 Å². The van der Waals surface area contributed by atoms with Crippen molar-refractivity contribution in [3.8, 4) is 5.82 Å². The second kappa shape index (κ2) is 7.18. The van der Waals surface area contributed by atoms with E-state index in [9.17, 15) is 9.59 Å². The lowest BCUT2D eigenvalue weighted by molar-refractivity contribution is 0.0915. The summed E-state index contributed by atoms with van der Waals surface area (Å²) in [5.41, 5.74) is 0.290. The van der Waals surface area contributed by atoms with E-state index in [0.717, 1.165) is 0 Å². The molecule has 1 amide bonds. The molecule has 1 unspecified atom stereocenters. The molecule has 24 heavy (non-hydrogen) atoms. The molecule has 0 aliphatic carbocycles. The largest absolute Gasteiger partial charge is 0.348 e. The van der Waals surface area contributed by atoms with Gasteiger partial charge >= 0.3 is 0 Å². The zero-order chi connectivity index (χ0) is 16.9. The number of hydrogen-bond donors (Lipinski definition) is 1. The van der Waals surface area contributed by atoms with Crippen LogP contribution in [0.5, 0.6) is 0 Å². The Hall–Kier alpha value is -2.80. The van der Waals surface area contributed by atoms with Crippen LogP contribution in [0.2, 0.25) is 0 Å². The van der Waals surface area contributed by atoms with Crippen LogP contribution in [0, 0.1) is 0 Å². The number of Topliss-reactive ketones (excluding diaryl/α,β-unsaturated/α-hetero) is 1. The van der Waals surface area contributed by atoms with E-state index in [2.05, 4.69) is 15.4 Å². The Kier molecular flexibility index (Phi) is 4.81. The third kappa shape index (κ3) is 3.75. The number of ketones is 1. The number of amides is 1. The fraction of sp³-hybridized carbons (Fsp3) is 0.176. The molecule has 6 nitrogen and oxygen atoms in total. The van der Waals surface area contributed by atoms with Gasteiger partial charge in [0.1, 0.15) is 5.69 Å². The highest BCUT2D eigenvalue weighted by atomic mass is 32.1. The smallest absolute Gasteiger partial charge is 0.270 e. The highest BCUT2D eigenvalue weighted by molar-refractivity contribution is 7.12. The number of carbonyl (C=O) groups is 2. The molecule has 1 atom stereocenters. The van der Waals surface area contributed by atoms with E-state index in [1.54, 1.807) is 54.3 Å². The molecule has 3 aromatic rings. The van der Waals surface area contributed by atoms with Gasteiger partial charge in [-0.25, -0.2) is 9.67 Å². The van der Waals surface area contributed by atoms with E-state index >= 15 is 0 Å². The van der Waals surface area contributed by atoms with Crippen LogP contribution in [-0.4, -0.2) is 32.5 Å². The third-order valence-corrected chi connectivity index (χ3v) is 4.28. The predicted molar refractivity (Wildman–Crippen MR) is 91.6 cm³/mol. The molecule has 0 fully saturated rings. The highest BCUT2D eigenvalue weighted by Crippen LogP contribution is 2.12. The summed E-state index contributed by atoms with van der Waals surface area (Å²) in [5.74, 6) is 0.279. The molecule has 3 aromatic heterocycles. The zero-order valence-corrected chi connectivity index (χ0v) is 13.9. The van der Waals surface area contributed by atoms with Gasteiger partial charge in [-0.15, -0.1) is 11.3 Å². The maximum absolute atomic E-state index is 12.3. The SMILES string of the molecule is CC(CC(=O)c1cccs1)NC(=O)c1cccc(-n2cccn2)n1. The van der Waals surface area contributed by atoms with Gasteiger partial charge in [0.2, 0.25) is 0 Å². The van der Waals surface area contributed by atoms with E-state index in [0.29, 0.717) is 16.4 Å². The van der Waals surface area contributed by atoms with Crippen molar-refractivity contribution in [3.05, 3.63) is 64.7 Å². The third-order valence-electron chi connectivity index (χ3n) is 3.37. The van der Waals surface area contributed by atoms with E-state index < -0.39 is 0 Å². The number of hydrogen-bond acceptors (Lipinski definition) is 5. The van der Waals surface area contributed by atoms with Crippen LogP contribution in [0.15, 0.2) is 54.2 Å². The molecule has 3 rings (SSSR count). The zero-order valence-electron chi connectivity index (χ0n) is 13.0. The van der Waals surface area contributed by atoms with Crippen LogP contribution in [0.25, 0.3) is 5.82 Å². The lowest BCUT2D eigenvalue weighted by atomic mass is 10.1. The monoisotopic (exact) mass is 340 g/mol. The Bertz CT molecular complexity index is 828. The summed E-state index contributed by atoms with van der Waals surface area (Å²) in [4.78, 5) is 29.4. The van der Waals surface area contributed by atoms with Crippen molar-refractivity contribution in [1.82, 2.24) is 20.1 Å². The van der Waals surface area contributed by atoms with E-state index in [-0.39, 0.29) is 24.2 Å². The summed E-state index contributed by atoms with van der Waals surface area (Å²) in [6.45, 7) is 1.81. The molecule has 7 heteroatoms. The number of thiophene rings is 1. The summed E-state index contributed by atoms with van der Waals surface area (Å²) in [5, 5.41) is 8.77. The van der Waals surface area contributed by atoms with Gasteiger partial charge in [0, 0.05) is 24.9 Å². The van der Waals surface area contributed by atoms with Gasteiger partial charge in [-0.2, -0.15) is 5.10 Å². The van der Waals surface area contributed by atoms with Crippen LogP contribution >= 0.6 is 11.3 Å². The van der Waals surface area contributed by atoms with Crippen LogP contribution in [-0.2, 0) is 0 Å². The van der Waals surface area contributed by atoms with Gasteiger partial charge < -0.3 is 5.32 Å². The van der Waals surface area contributed by atoms with E-state index in [1.807, 2.05) is 11.4 Å². The first-order valence-electron chi connectivity index (χ1n) is 7.48. The normalized spacial score (nSPS) is 11.9. The molecule has 0 aromatic carbocycles. The van der Waals surface area contributed by atoms with E-state index in [1.165, 1.54) is 11.3 Å². The van der Waals surface area contributed by atoms with Crippen LogP contribution in [0.4, 0.5) is 0 Å². The Morgan fingerprint density at radius 2 is 2.12 bits per heavy atom. The van der Waals surface area contributed by atoms with Gasteiger partial charge in [-0.3, -0.25) is 9.59 Å². The topological polar surface area (TPSA) is 76.9 Å². The number of pyridine rings is 1. The quantitative estimate of drug-likeness (QED) is 0.700. The molecule has 0 aliphatic heterocycles. The number of aromatic nitrogens is 3. The molecule has 0 radical (unpaired) electrons. The number of carbonyl (C=O) groups excluding carboxylic acids is 2. The Balaban J connectivity index is 1.64. The van der Waals surface area contributed by atoms with Crippen molar-refractivity contribution in [3.63, 3.8) is 0 Å². The first kappa shape index (κ1) is 16.1. The number of rotatable bonds is 6. The standard InChI is InChI=1S/C17H16N4O2S/c1-12(11-14(22)15-6-3-10-24-15)19-17(23)13-5-2-7-16(20-13)21-9-4-8-18-21/h2-10,12H,11H2,1H3,(H,19,23). The molecule has 0 aliphatic rings. The number of nitrogens with one attached hydrogen (secondary N) is 1. The fourth-order valence-electron chi connectivity index (χ4n) is 2.25. The van der Waals surface area contributed by atoms with Crippen LogP contribution in [0.1, 0.15) is 33.5 Å². The Morgan fingerprint density at radius 1 is 1.25 bits per heavy atom. The molecule has 1 N–H and O–H groups in total. The minimum Gasteiger partial charge on any atom is -0.348 e. The fourth-order valence-corrected chi connectivity index (χ4v) is 2.92. The number of nitrogens with zero attached hydrogens (tertiary/aromatic N) is 3. The minimum atomic E-state index is -0.310. The second-order valence-corrected chi connectivity index (χ2v) is 6.26. The molecule has 3 heterocycles. The first-order valence-corrected chi connectivity index (χ1v) is 8.36. The maximum Gasteiger partial charge on any atom is 0.270 e. The van der Waals surface area contributed by atoms with E-state index in [4.69, 9.17) is 0 Å². The molecule has 0 saturated carbocycles. The molecule has 0 spiro atoms. The molecular formula is C17H16N4O2S. The first-order chi connectivity index (χ1) is 11.6. The lowest BCUT2D eigenvalue weighted by Gasteiger charge is -2.12. The molecule has 0 saturated heterocycles. The van der Waals surface area contributed by atoms with Crippen molar-refractivity contribution in [2.24, 2.45) is 0 Å². The van der Waals surface area contributed by atoms with Gasteiger partial charge in [0.05, 0.1) is 4.88 Å². The minimum absolute atomic E-state index is 0.0241. The lowest BCUT2D eigenvalue weighted by Crippen LogP contribution is -2.34. The molecule has 122 valence electrons. The molecular weight excluding hydrogens is 324 g/mol. The Morgan fingerprint density at radius 3 is 2.83 bits per heavy atom. The van der Waals surface area contributed by atoms with Crippen molar-refractivity contribution in [2.45, 2.75) is 19.4 Å². The summed E-state index contributed by atoms with van der Waals surface area (Å²) in [6.07, 6.45) is 3.66. The van der Waals surface area contributed by atoms with Crippen LogP contribution in [0.3, 0.4) is 0 Å². The van der Waals surface area contributed by atoms with Crippen LogP contribution < -0.4 is 5.32 Å². The van der Waals surface area contributed by atoms with Crippen molar-refractivity contribution in [2.75, 3.05) is 0 Å². The highest BCUT2D eigenvalue weighted by Gasteiger charge is 2.16. The van der Waals surface area contributed by atoms with Gasteiger partial charge in [-0.05, 0) is 36.6 Å². The summed E-state index contributed by atoms with van der Waals surface area (Å²) in [6, 6.07) is 10.3. The van der Waals surface area contributed by atoms with Gasteiger partial charge in [0.25, 0.3) is 5.91 Å². The van der Waals surface area contributed by atoms with Crippen molar-refractivity contribution < 1.29 is 9.59 Å². The maximum atomic E-state index is 12.3. The predicted octanol–water partition coefficient (Wildman–Crippen LogP) is 2.72.